The summed E-state index contributed by atoms with van der Waals surface area (Å²) in [4.78, 5) is 19.9. The third-order valence-corrected chi connectivity index (χ3v) is 5.02. The minimum atomic E-state index is -0.144. The maximum Gasteiger partial charge on any atom is 0.237 e. The van der Waals surface area contributed by atoms with Crippen LogP contribution in [0.3, 0.4) is 0 Å². The van der Waals surface area contributed by atoms with Gasteiger partial charge in [-0.25, -0.2) is 4.98 Å². The Morgan fingerprint density at radius 2 is 2.10 bits per heavy atom. The fourth-order valence-electron chi connectivity index (χ4n) is 3.61. The Labute approximate surface area is 126 Å². The van der Waals surface area contributed by atoms with Gasteiger partial charge in [0.2, 0.25) is 5.91 Å². The van der Waals surface area contributed by atoms with Crippen LogP contribution in [0.15, 0.2) is 6.33 Å². The molecule has 0 bridgehead atoms. The van der Waals surface area contributed by atoms with E-state index in [0.29, 0.717) is 18.9 Å². The first-order chi connectivity index (χ1) is 10.2. The molecule has 0 saturated heterocycles. The highest BCUT2D eigenvalue weighted by atomic mass is 16.2. The van der Waals surface area contributed by atoms with E-state index in [0.717, 1.165) is 11.4 Å². The molecule has 1 saturated carbocycles. The van der Waals surface area contributed by atoms with Gasteiger partial charge in [0.15, 0.2) is 0 Å². The van der Waals surface area contributed by atoms with Crippen LogP contribution in [0.5, 0.6) is 0 Å². The lowest BCUT2D eigenvalue weighted by Gasteiger charge is -2.28. The first-order valence-electron chi connectivity index (χ1n) is 8.29. The summed E-state index contributed by atoms with van der Waals surface area (Å²) >= 11 is 0. The molecule has 0 aromatic carbocycles. The van der Waals surface area contributed by atoms with E-state index in [2.05, 4.69) is 27.5 Å². The van der Waals surface area contributed by atoms with E-state index in [1.807, 2.05) is 0 Å². The van der Waals surface area contributed by atoms with E-state index >= 15 is 0 Å². The molecule has 3 rings (SSSR count). The van der Waals surface area contributed by atoms with Crippen LogP contribution in [0.2, 0.25) is 0 Å². The number of H-pyrrole nitrogens is 1. The molecule has 1 fully saturated rings. The number of imidazole rings is 1. The van der Waals surface area contributed by atoms with Crippen LogP contribution in [0.1, 0.15) is 56.8 Å². The Hall–Kier alpha value is -1.36. The van der Waals surface area contributed by atoms with E-state index in [9.17, 15) is 4.79 Å². The summed E-state index contributed by atoms with van der Waals surface area (Å²) < 4.78 is 0. The third kappa shape index (κ3) is 3.46. The van der Waals surface area contributed by atoms with Crippen molar-refractivity contribution in [2.24, 2.45) is 5.92 Å². The minimum Gasteiger partial charge on any atom is -0.352 e. The molecule has 5 nitrogen and oxygen atoms in total. The molecule has 1 aromatic heterocycles. The number of carbonyl (C=O) groups is 1. The lowest BCUT2D eigenvalue weighted by atomic mass is 9.92. The van der Waals surface area contributed by atoms with Crippen LogP contribution in [-0.4, -0.2) is 28.0 Å². The van der Waals surface area contributed by atoms with E-state index < -0.39 is 0 Å². The number of hydrogen-bond acceptors (Lipinski definition) is 3. The Morgan fingerprint density at radius 1 is 1.33 bits per heavy atom. The summed E-state index contributed by atoms with van der Waals surface area (Å²) in [6.07, 6.45) is 10.2. The zero-order valence-corrected chi connectivity index (χ0v) is 12.8. The average molecular weight is 290 g/mol. The minimum absolute atomic E-state index is 0.125. The molecule has 2 heterocycles. The third-order valence-electron chi connectivity index (χ3n) is 5.02. The average Bonchev–Trinajstić information content (AvgIpc) is 2.78. The van der Waals surface area contributed by atoms with Gasteiger partial charge < -0.3 is 10.3 Å². The topological polar surface area (TPSA) is 69.8 Å². The number of hydrogen-bond donors (Lipinski definition) is 3. The van der Waals surface area contributed by atoms with Crippen molar-refractivity contribution in [1.29, 1.82) is 0 Å². The standard InChI is InChI=1S/C16H26N4O/c1-11(12-6-4-2-3-5-7-12)20-16(21)14-8-13-15(9-17-14)19-10-18-13/h10-12,14,17H,2-9H2,1H3,(H,18,19)(H,20,21)/t11-,14?/m0/s1. The van der Waals surface area contributed by atoms with Crippen molar-refractivity contribution in [2.75, 3.05) is 0 Å². The number of rotatable bonds is 3. The maximum absolute atomic E-state index is 12.5. The van der Waals surface area contributed by atoms with Crippen molar-refractivity contribution in [3.63, 3.8) is 0 Å². The molecule has 1 aromatic rings. The van der Waals surface area contributed by atoms with Crippen LogP contribution < -0.4 is 10.6 Å². The SMILES string of the molecule is C[C@H](NC(=O)C1Cc2nc[nH]c2CN1)C1CCCCCC1. The van der Waals surface area contributed by atoms with Gasteiger partial charge in [0.25, 0.3) is 0 Å². The molecule has 1 unspecified atom stereocenters. The van der Waals surface area contributed by atoms with Crippen molar-refractivity contribution in [3.05, 3.63) is 17.7 Å². The normalized spacial score (nSPS) is 24.9. The van der Waals surface area contributed by atoms with Crippen LogP contribution >= 0.6 is 0 Å². The largest absolute Gasteiger partial charge is 0.352 e. The number of aromatic nitrogens is 2. The van der Waals surface area contributed by atoms with Gasteiger partial charge in [-0.15, -0.1) is 0 Å². The summed E-state index contributed by atoms with van der Waals surface area (Å²) in [5.41, 5.74) is 2.13. The van der Waals surface area contributed by atoms with Gasteiger partial charge in [-0.3, -0.25) is 10.1 Å². The van der Waals surface area contributed by atoms with E-state index in [1.54, 1.807) is 6.33 Å². The molecule has 1 aliphatic carbocycles. The number of nitrogens with one attached hydrogen (secondary N) is 3. The number of carbonyl (C=O) groups excluding carboxylic acids is 1. The molecule has 3 N–H and O–H groups in total. The Morgan fingerprint density at radius 3 is 2.86 bits per heavy atom. The van der Waals surface area contributed by atoms with Crippen LogP contribution in [-0.2, 0) is 17.8 Å². The molecule has 1 aliphatic heterocycles. The fourth-order valence-corrected chi connectivity index (χ4v) is 3.61. The van der Waals surface area contributed by atoms with Gasteiger partial charge in [0, 0.05) is 19.0 Å². The van der Waals surface area contributed by atoms with Gasteiger partial charge in [-0.05, 0) is 25.7 Å². The van der Waals surface area contributed by atoms with Crippen LogP contribution in [0.4, 0.5) is 0 Å². The summed E-state index contributed by atoms with van der Waals surface area (Å²) in [6.45, 7) is 2.86. The fraction of sp³-hybridized carbons (Fsp3) is 0.750. The number of fused-ring (bicyclic) bond motifs is 1. The number of aromatic amines is 1. The molecule has 116 valence electrons. The Kier molecular flexibility index (Phi) is 4.58. The van der Waals surface area contributed by atoms with Crippen molar-refractivity contribution in [2.45, 2.75) is 70.5 Å². The van der Waals surface area contributed by atoms with Crippen molar-refractivity contribution in [3.8, 4) is 0 Å². The predicted molar refractivity (Wildman–Crippen MR) is 81.7 cm³/mol. The summed E-state index contributed by atoms with van der Waals surface area (Å²) in [5.74, 6) is 0.765. The van der Waals surface area contributed by atoms with Gasteiger partial charge in [-0.2, -0.15) is 0 Å². The molecule has 0 radical (unpaired) electrons. The second kappa shape index (κ2) is 6.60. The zero-order chi connectivity index (χ0) is 14.7. The quantitative estimate of drug-likeness (QED) is 0.745. The van der Waals surface area contributed by atoms with Crippen LogP contribution in [0, 0.1) is 5.92 Å². The zero-order valence-electron chi connectivity index (χ0n) is 12.8. The van der Waals surface area contributed by atoms with E-state index in [1.165, 1.54) is 38.5 Å². The van der Waals surface area contributed by atoms with Crippen LogP contribution in [0.25, 0.3) is 0 Å². The molecular weight excluding hydrogens is 264 g/mol. The second-order valence-corrected chi connectivity index (χ2v) is 6.51. The van der Waals surface area contributed by atoms with E-state index in [-0.39, 0.29) is 18.0 Å². The molecule has 1 amide bonds. The first kappa shape index (κ1) is 14.6. The van der Waals surface area contributed by atoms with Gasteiger partial charge in [0.1, 0.15) is 0 Å². The summed E-state index contributed by atoms with van der Waals surface area (Å²) in [7, 11) is 0. The maximum atomic E-state index is 12.5. The molecule has 5 heteroatoms. The molecular formula is C16H26N4O. The predicted octanol–water partition coefficient (Wildman–Crippen LogP) is 1.90. The second-order valence-electron chi connectivity index (χ2n) is 6.51. The first-order valence-corrected chi connectivity index (χ1v) is 8.29. The van der Waals surface area contributed by atoms with Gasteiger partial charge in [0.05, 0.1) is 23.8 Å². The smallest absolute Gasteiger partial charge is 0.237 e. The van der Waals surface area contributed by atoms with Crippen molar-refractivity contribution >= 4 is 5.91 Å². The lowest BCUT2D eigenvalue weighted by molar-refractivity contribution is -0.124. The monoisotopic (exact) mass is 290 g/mol. The highest BCUT2D eigenvalue weighted by Gasteiger charge is 2.28. The number of amides is 1. The van der Waals surface area contributed by atoms with Gasteiger partial charge in [-0.1, -0.05) is 25.7 Å². The highest BCUT2D eigenvalue weighted by molar-refractivity contribution is 5.82. The van der Waals surface area contributed by atoms with Crippen molar-refractivity contribution < 1.29 is 4.79 Å². The highest BCUT2D eigenvalue weighted by Crippen LogP contribution is 2.25. The summed E-state index contributed by atoms with van der Waals surface area (Å²) in [5, 5.41) is 6.53. The van der Waals surface area contributed by atoms with E-state index in [4.69, 9.17) is 0 Å². The molecule has 0 spiro atoms. The van der Waals surface area contributed by atoms with Crippen molar-refractivity contribution in [1.82, 2.24) is 20.6 Å². The van der Waals surface area contributed by atoms with Gasteiger partial charge >= 0.3 is 0 Å². The Balaban J connectivity index is 1.54. The number of nitrogens with zero attached hydrogens (tertiary/aromatic N) is 1. The Bertz CT molecular complexity index is 476. The summed E-state index contributed by atoms with van der Waals surface area (Å²) in [6, 6.07) is 0.131. The molecule has 21 heavy (non-hydrogen) atoms. The molecule has 2 aliphatic rings. The molecule has 2 atom stereocenters. The lowest BCUT2D eigenvalue weighted by Crippen LogP contribution is -2.51.